The topological polar surface area (TPSA) is 48.0 Å². The van der Waals surface area contributed by atoms with Gasteiger partial charge in [0.25, 0.3) is 5.91 Å². The molecule has 94 valence electrons. The van der Waals surface area contributed by atoms with Crippen LogP contribution in [0.1, 0.15) is 15.9 Å². The summed E-state index contributed by atoms with van der Waals surface area (Å²) in [6.07, 6.45) is 1.79. The Morgan fingerprint density at radius 3 is 2.68 bits per heavy atom. The summed E-state index contributed by atoms with van der Waals surface area (Å²) in [5.41, 5.74) is 8.97. The van der Waals surface area contributed by atoms with Crippen LogP contribution in [-0.4, -0.2) is 10.5 Å². The van der Waals surface area contributed by atoms with E-state index in [4.69, 9.17) is 5.73 Å². The largest absolute Gasteiger partial charge is 0.398 e. The van der Waals surface area contributed by atoms with Crippen LogP contribution in [0.4, 0.5) is 5.69 Å². The fourth-order valence-corrected chi connectivity index (χ4v) is 2.26. The second kappa shape index (κ2) is 4.28. The molecule has 3 rings (SSSR count). The standard InChI is InChI=1S/C16H14N2O/c1-11-6-7-15-12(10-11)8-9-18(15)16(19)13-4-2-3-5-14(13)17/h2-10H,17H2,1H3. The number of hydrogen-bond donors (Lipinski definition) is 1. The lowest BCUT2D eigenvalue weighted by molar-refractivity contribution is 0.0966. The number of nitrogens with two attached hydrogens (primary N) is 1. The van der Waals surface area contributed by atoms with Crippen molar-refractivity contribution in [3.05, 3.63) is 65.9 Å². The fraction of sp³-hybridized carbons (Fsp3) is 0.0625. The molecule has 0 fully saturated rings. The smallest absolute Gasteiger partial charge is 0.264 e. The number of aryl methyl sites for hydroxylation is 1. The predicted molar refractivity (Wildman–Crippen MR) is 77.3 cm³/mol. The molecule has 2 aromatic carbocycles. The van der Waals surface area contributed by atoms with E-state index in [0.717, 1.165) is 10.9 Å². The Morgan fingerprint density at radius 2 is 1.89 bits per heavy atom. The maximum Gasteiger partial charge on any atom is 0.264 e. The van der Waals surface area contributed by atoms with Gasteiger partial charge in [0.2, 0.25) is 0 Å². The first kappa shape index (κ1) is 11.5. The summed E-state index contributed by atoms with van der Waals surface area (Å²) >= 11 is 0. The third-order valence-corrected chi connectivity index (χ3v) is 3.26. The number of nitrogen functional groups attached to an aromatic ring is 1. The summed E-state index contributed by atoms with van der Waals surface area (Å²) in [5, 5.41) is 1.06. The van der Waals surface area contributed by atoms with E-state index in [0.29, 0.717) is 11.3 Å². The zero-order valence-corrected chi connectivity index (χ0v) is 10.6. The van der Waals surface area contributed by atoms with Crippen LogP contribution < -0.4 is 5.73 Å². The van der Waals surface area contributed by atoms with Gasteiger partial charge in [0, 0.05) is 17.3 Å². The van der Waals surface area contributed by atoms with Crippen LogP contribution in [0.2, 0.25) is 0 Å². The second-order valence-electron chi connectivity index (χ2n) is 4.64. The Labute approximate surface area is 111 Å². The summed E-state index contributed by atoms with van der Waals surface area (Å²) in [7, 11) is 0. The van der Waals surface area contributed by atoms with E-state index in [-0.39, 0.29) is 5.91 Å². The molecular formula is C16H14N2O. The molecule has 3 nitrogen and oxygen atoms in total. The molecule has 2 N–H and O–H groups in total. The number of nitrogens with zero attached hydrogens (tertiary/aromatic N) is 1. The molecule has 0 atom stereocenters. The number of fused-ring (bicyclic) bond motifs is 1. The Bertz CT molecular complexity index is 771. The molecule has 3 aromatic rings. The SMILES string of the molecule is Cc1ccc2c(ccn2C(=O)c2ccccc2N)c1. The molecule has 1 heterocycles. The van der Waals surface area contributed by atoms with Gasteiger partial charge in [-0.2, -0.15) is 0 Å². The van der Waals surface area contributed by atoms with Gasteiger partial charge in [-0.05, 0) is 37.3 Å². The highest BCUT2D eigenvalue weighted by molar-refractivity contribution is 6.05. The van der Waals surface area contributed by atoms with Crippen molar-refractivity contribution in [2.45, 2.75) is 6.92 Å². The monoisotopic (exact) mass is 250 g/mol. The minimum atomic E-state index is -0.100. The molecule has 0 aliphatic carbocycles. The van der Waals surface area contributed by atoms with Crippen LogP contribution >= 0.6 is 0 Å². The molecule has 3 heteroatoms. The Morgan fingerprint density at radius 1 is 1.11 bits per heavy atom. The van der Waals surface area contributed by atoms with Crippen molar-refractivity contribution in [2.75, 3.05) is 5.73 Å². The van der Waals surface area contributed by atoms with Gasteiger partial charge in [-0.15, -0.1) is 0 Å². The third kappa shape index (κ3) is 1.89. The molecule has 0 aliphatic rings. The van der Waals surface area contributed by atoms with Crippen LogP contribution in [0.5, 0.6) is 0 Å². The molecule has 1 aromatic heterocycles. The Hall–Kier alpha value is -2.55. The normalized spacial score (nSPS) is 10.8. The zero-order chi connectivity index (χ0) is 13.4. The first-order valence-corrected chi connectivity index (χ1v) is 6.14. The first-order valence-electron chi connectivity index (χ1n) is 6.14. The van der Waals surface area contributed by atoms with Crippen LogP contribution in [0, 0.1) is 6.92 Å². The number of carbonyl (C=O) groups excluding carboxylic acids is 1. The van der Waals surface area contributed by atoms with E-state index >= 15 is 0 Å². The van der Waals surface area contributed by atoms with Crippen molar-refractivity contribution in [1.82, 2.24) is 4.57 Å². The number of para-hydroxylation sites is 1. The molecule has 0 amide bonds. The maximum atomic E-state index is 12.5. The van der Waals surface area contributed by atoms with Gasteiger partial charge in [-0.25, -0.2) is 0 Å². The summed E-state index contributed by atoms with van der Waals surface area (Å²) in [5.74, 6) is -0.100. The quantitative estimate of drug-likeness (QED) is 0.674. The number of aromatic nitrogens is 1. The number of anilines is 1. The van der Waals surface area contributed by atoms with Crippen molar-refractivity contribution in [1.29, 1.82) is 0 Å². The van der Waals surface area contributed by atoms with Crippen molar-refractivity contribution in [2.24, 2.45) is 0 Å². The van der Waals surface area contributed by atoms with Crippen LogP contribution in [0.25, 0.3) is 10.9 Å². The molecular weight excluding hydrogens is 236 g/mol. The maximum absolute atomic E-state index is 12.5. The van der Waals surface area contributed by atoms with E-state index in [1.165, 1.54) is 5.56 Å². The van der Waals surface area contributed by atoms with Gasteiger partial charge in [-0.1, -0.05) is 23.8 Å². The number of benzene rings is 2. The zero-order valence-electron chi connectivity index (χ0n) is 10.6. The average Bonchev–Trinajstić information content (AvgIpc) is 2.81. The number of rotatable bonds is 1. The van der Waals surface area contributed by atoms with E-state index < -0.39 is 0 Å². The highest BCUT2D eigenvalue weighted by Crippen LogP contribution is 2.20. The third-order valence-electron chi connectivity index (χ3n) is 3.26. The van der Waals surface area contributed by atoms with Gasteiger partial charge >= 0.3 is 0 Å². The summed E-state index contributed by atoms with van der Waals surface area (Å²) < 4.78 is 1.64. The molecule has 0 saturated carbocycles. The molecule has 19 heavy (non-hydrogen) atoms. The number of carbonyl (C=O) groups is 1. The predicted octanol–water partition coefficient (Wildman–Crippen LogP) is 3.22. The Kier molecular flexibility index (Phi) is 2.60. The van der Waals surface area contributed by atoms with Gasteiger partial charge in [0.1, 0.15) is 0 Å². The molecule has 0 aliphatic heterocycles. The van der Waals surface area contributed by atoms with E-state index in [2.05, 4.69) is 6.07 Å². The Balaban J connectivity index is 2.15. The van der Waals surface area contributed by atoms with Crippen molar-refractivity contribution in [3.63, 3.8) is 0 Å². The van der Waals surface area contributed by atoms with Crippen molar-refractivity contribution >= 4 is 22.5 Å². The van der Waals surface area contributed by atoms with Gasteiger partial charge in [0.05, 0.1) is 11.1 Å². The van der Waals surface area contributed by atoms with Crippen molar-refractivity contribution in [3.8, 4) is 0 Å². The van der Waals surface area contributed by atoms with E-state index in [1.54, 1.807) is 22.9 Å². The first-order chi connectivity index (χ1) is 9.16. The molecule has 0 bridgehead atoms. The molecule has 0 saturated heterocycles. The fourth-order valence-electron chi connectivity index (χ4n) is 2.26. The summed E-state index contributed by atoms with van der Waals surface area (Å²) in [4.78, 5) is 12.5. The van der Waals surface area contributed by atoms with E-state index in [1.807, 2.05) is 37.3 Å². The highest BCUT2D eigenvalue weighted by atomic mass is 16.2. The summed E-state index contributed by atoms with van der Waals surface area (Å²) in [6.45, 7) is 2.04. The minimum absolute atomic E-state index is 0.100. The molecule has 0 unspecified atom stereocenters. The lowest BCUT2D eigenvalue weighted by Crippen LogP contribution is -2.12. The van der Waals surface area contributed by atoms with Gasteiger partial charge in [-0.3, -0.25) is 9.36 Å². The lowest BCUT2D eigenvalue weighted by atomic mass is 10.1. The molecule has 0 radical (unpaired) electrons. The highest BCUT2D eigenvalue weighted by Gasteiger charge is 2.13. The van der Waals surface area contributed by atoms with Crippen LogP contribution in [-0.2, 0) is 0 Å². The van der Waals surface area contributed by atoms with E-state index in [9.17, 15) is 4.79 Å². The minimum Gasteiger partial charge on any atom is -0.398 e. The van der Waals surface area contributed by atoms with Crippen molar-refractivity contribution < 1.29 is 4.79 Å². The van der Waals surface area contributed by atoms with Crippen LogP contribution in [0.15, 0.2) is 54.7 Å². The van der Waals surface area contributed by atoms with Gasteiger partial charge < -0.3 is 5.73 Å². The molecule has 0 spiro atoms. The summed E-state index contributed by atoms with van der Waals surface area (Å²) in [6, 6.07) is 15.1. The average molecular weight is 250 g/mol. The lowest BCUT2D eigenvalue weighted by Gasteiger charge is -2.07. The van der Waals surface area contributed by atoms with Crippen LogP contribution in [0.3, 0.4) is 0 Å². The van der Waals surface area contributed by atoms with Gasteiger partial charge in [0.15, 0.2) is 0 Å². The second-order valence-corrected chi connectivity index (χ2v) is 4.64. The number of hydrogen-bond acceptors (Lipinski definition) is 2.